The van der Waals surface area contributed by atoms with Crippen LogP contribution in [0.1, 0.15) is 67.7 Å². The minimum atomic E-state index is 0.492. The average Bonchev–Trinajstić information content (AvgIpc) is 2.73. The molecule has 3 atom stereocenters. The lowest BCUT2D eigenvalue weighted by atomic mass is 9.68. The van der Waals surface area contributed by atoms with Gasteiger partial charge in [-0.2, -0.15) is 0 Å². The van der Waals surface area contributed by atoms with Gasteiger partial charge in [0.2, 0.25) is 0 Å². The monoisotopic (exact) mass is 265 g/mol. The first-order chi connectivity index (χ1) is 8.68. The van der Waals surface area contributed by atoms with E-state index in [4.69, 9.17) is 0 Å². The van der Waals surface area contributed by atoms with Crippen molar-refractivity contribution in [2.24, 2.45) is 34.5 Å². The molecule has 1 nitrogen and oxygen atoms in total. The summed E-state index contributed by atoms with van der Waals surface area (Å²) >= 11 is 0. The van der Waals surface area contributed by atoms with Gasteiger partial charge in [0.15, 0.2) is 0 Å². The second-order valence-corrected chi connectivity index (χ2v) is 8.91. The molecule has 0 aromatic heterocycles. The molecule has 0 saturated heterocycles. The number of rotatable bonds is 5. The van der Waals surface area contributed by atoms with Crippen molar-refractivity contribution in [3.8, 4) is 0 Å². The van der Waals surface area contributed by atoms with E-state index in [9.17, 15) is 0 Å². The molecule has 2 aliphatic carbocycles. The van der Waals surface area contributed by atoms with Gasteiger partial charge >= 0.3 is 0 Å². The SMILES string of the molecule is CC(C)C(CNC1C2(C)CCC(C2)C1(C)C)C(C)C. The molecule has 2 bridgehead atoms. The molecule has 0 heterocycles. The van der Waals surface area contributed by atoms with E-state index >= 15 is 0 Å². The molecule has 3 unspecified atom stereocenters. The van der Waals surface area contributed by atoms with E-state index in [1.807, 2.05) is 0 Å². The van der Waals surface area contributed by atoms with Gasteiger partial charge < -0.3 is 5.32 Å². The molecular weight excluding hydrogens is 230 g/mol. The molecule has 1 N–H and O–H groups in total. The van der Waals surface area contributed by atoms with Gasteiger partial charge in [-0.15, -0.1) is 0 Å². The second kappa shape index (κ2) is 5.06. The van der Waals surface area contributed by atoms with Crippen molar-refractivity contribution >= 4 is 0 Å². The van der Waals surface area contributed by atoms with Gasteiger partial charge in [0.1, 0.15) is 0 Å². The van der Waals surface area contributed by atoms with Crippen molar-refractivity contribution in [3.05, 3.63) is 0 Å². The van der Waals surface area contributed by atoms with E-state index in [1.165, 1.54) is 25.8 Å². The molecule has 0 amide bonds. The Kier molecular flexibility index (Phi) is 4.09. The van der Waals surface area contributed by atoms with Gasteiger partial charge in [0.25, 0.3) is 0 Å². The Morgan fingerprint density at radius 2 is 1.63 bits per heavy atom. The summed E-state index contributed by atoms with van der Waals surface area (Å²) in [6, 6.07) is 0.721. The Morgan fingerprint density at radius 1 is 1.05 bits per heavy atom. The van der Waals surface area contributed by atoms with Crippen LogP contribution in [0, 0.1) is 34.5 Å². The highest BCUT2D eigenvalue weighted by Gasteiger charge is 2.58. The first-order valence-corrected chi connectivity index (χ1v) is 8.42. The Morgan fingerprint density at radius 3 is 2.05 bits per heavy atom. The average molecular weight is 265 g/mol. The Bertz CT molecular complexity index is 305. The third kappa shape index (κ3) is 2.60. The van der Waals surface area contributed by atoms with Crippen molar-refractivity contribution in [1.82, 2.24) is 5.32 Å². The van der Waals surface area contributed by atoms with Crippen molar-refractivity contribution < 1.29 is 0 Å². The summed E-state index contributed by atoms with van der Waals surface area (Å²) < 4.78 is 0. The molecule has 19 heavy (non-hydrogen) atoms. The maximum atomic E-state index is 4.01. The van der Waals surface area contributed by atoms with Crippen molar-refractivity contribution in [3.63, 3.8) is 0 Å². The largest absolute Gasteiger partial charge is 0.313 e. The summed E-state index contributed by atoms with van der Waals surface area (Å²) in [5.74, 6) is 3.31. The van der Waals surface area contributed by atoms with Crippen LogP contribution in [0.4, 0.5) is 0 Å². The standard InChI is InChI=1S/C18H35N/c1-12(2)15(13(3)4)11-19-16-17(5,6)14-8-9-18(16,7)10-14/h12-16,19H,8-11H2,1-7H3. The second-order valence-electron chi connectivity index (χ2n) is 8.91. The summed E-state index contributed by atoms with van der Waals surface area (Å²) in [7, 11) is 0. The maximum absolute atomic E-state index is 4.01. The molecule has 1 heteroatoms. The summed E-state index contributed by atoms with van der Waals surface area (Å²) in [4.78, 5) is 0. The lowest BCUT2D eigenvalue weighted by Gasteiger charge is -2.44. The topological polar surface area (TPSA) is 12.0 Å². The minimum Gasteiger partial charge on any atom is -0.313 e. The third-order valence-corrected chi connectivity index (χ3v) is 6.54. The van der Waals surface area contributed by atoms with Crippen LogP contribution in [-0.4, -0.2) is 12.6 Å². The molecular formula is C18H35N. The highest BCUT2D eigenvalue weighted by Crippen LogP contribution is 2.62. The molecule has 0 aromatic rings. The quantitative estimate of drug-likeness (QED) is 0.758. The van der Waals surface area contributed by atoms with Crippen LogP contribution in [0.15, 0.2) is 0 Å². The third-order valence-electron chi connectivity index (χ3n) is 6.54. The van der Waals surface area contributed by atoms with Crippen LogP contribution in [-0.2, 0) is 0 Å². The fourth-order valence-corrected chi connectivity index (χ4v) is 5.31. The van der Waals surface area contributed by atoms with E-state index < -0.39 is 0 Å². The molecule has 0 spiro atoms. The Labute approximate surface area is 120 Å². The van der Waals surface area contributed by atoms with Gasteiger partial charge in [-0.25, -0.2) is 0 Å². The van der Waals surface area contributed by atoms with E-state index in [1.54, 1.807) is 0 Å². The first-order valence-electron chi connectivity index (χ1n) is 8.42. The molecule has 2 aliphatic rings. The Balaban J connectivity index is 2.03. The van der Waals surface area contributed by atoms with Gasteiger partial charge in [-0.3, -0.25) is 0 Å². The zero-order valence-electron chi connectivity index (χ0n) is 14.2. The molecule has 0 aliphatic heterocycles. The van der Waals surface area contributed by atoms with Crippen LogP contribution in [0.2, 0.25) is 0 Å². The molecule has 2 rings (SSSR count). The lowest BCUT2D eigenvalue weighted by Crippen LogP contribution is -2.52. The van der Waals surface area contributed by atoms with Gasteiger partial charge in [0.05, 0.1) is 0 Å². The van der Waals surface area contributed by atoms with E-state index in [0.29, 0.717) is 10.8 Å². The van der Waals surface area contributed by atoms with Crippen LogP contribution in [0.25, 0.3) is 0 Å². The van der Waals surface area contributed by atoms with E-state index in [-0.39, 0.29) is 0 Å². The summed E-state index contributed by atoms with van der Waals surface area (Å²) in [5, 5.41) is 4.01. The highest BCUT2D eigenvalue weighted by molar-refractivity contribution is 5.12. The van der Waals surface area contributed by atoms with Crippen LogP contribution in [0.3, 0.4) is 0 Å². The van der Waals surface area contributed by atoms with Gasteiger partial charge in [0, 0.05) is 6.04 Å². The number of nitrogens with one attached hydrogen (secondary N) is 1. The van der Waals surface area contributed by atoms with Crippen molar-refractivity contribution in [2.75, 3.05) is 6.54 Å². The number of hydrogen-bond acceptors (Lipinski definition) is 1. The van der Waals surface area contributed by atoms with E-state index in [0.717, 1.165) is 29.7 Å². The molecule has 0 aromatic carbocycles. The van der Waals surface area contributed by atoms with Crippen LogP contribution in [0.5, 0.6) is 0 Å². The molecule has 2 fully saturated rings. The highest BCUT2D eigenvalue weighted by atomic mass is 15.0. The predicted molar refractivity (Wildman–Crippen MR) is 84.2 cm³/mol. The zero-order chi connectivity index (χ0) is 14.4. The number of hydrogen-bond donors (Lipinski definition) is 1. The lowest BCUT2D eigenvalue weighted by molar-refractivity contribution is 0.0981. The van der Waals surface area contributed by atoms with E-state index in [2.05, 4.69) is 53.8 Å². The van der Waals surface area contributed by atoms with Crippen LogP contribution >= 0.6 is 0 Å². The minimum absolute atomic E-state index is 0.492. The number of fused-ring (bicyclic) bond motifs is 2. The summed E-state index contributed by atoms with van der Waals surface area (Å²) in [6.07, 6.45) is 4.35. The fraction of sp³-hybridized carbons (Fsp3) is 1.00. The zero-order valence-corrected chi connectivity index (χ0v) is 14.2. The Hall–Kier alpha value is -0.0400. The maximum Gasteiger partial charge on any atom is 0.0175 e. The summed E-state index contributed by atoms with van der Waals surface area (Å²) in [6.45, 7) is 18.2. The normalized spacial score (nSPS) is 36.9. The van der Waals surface area contributed by atoms with Gasteiger partial charge in [-0.1, -0.05) is 48.5 Å². The van der Waals surface area contributed by atoms with Crippen molar-refractivity contribution in [2.45, 2.75) is 73.8 Å². The van der Waals surface area contributed by atoms with Crippen molar-refractivity contribution in [1.29, 1.82) is 0 Å². The fourth-order valence-electron chi connectivity index (χ4n) is 5.31. The van der Waals surface area contributed by atoms with Gasteiger partial charge in [-0.05, 0) is 60.3 Å². The summed E-state index contributed by atoms with van der Waals surface area (Å²) in [5.41, 5.74) is 1.05. The van der Waals surface area contributed by atoms with Crippen LogP contribution < -0.4 is 5.32 Å². The molecule has 2 saturated carbocycles. The molecule has 112 valence electrons. The molecule has 0 radical (unpaired) electrons. The smallest absolute Gasteiger partial charge is 0.0175 e. The first kappa shape index (κ1) is 15.4. The predicted octanol–water partition coefficient (Wildman–Crippen LogP) is 4.72.